The Hall–Kier alpha value is -2.41. The fraction of sp³-hybridized carbons (Fsp3) is 0.250. The minimum absolute atomic E-state index is 0.602. The van der Waals surface area contributed by atoms with Crippen molar-refractivity contribution in [2.24, 2.45) is 5.92 Å². The smallest absolute Gasteiger partial charge is 0.196 e. The number of hydrogen-bond donors (Lipinski definition) is 0. The molecule has 0 radical (unpaired) electrons. The lowest BCUT2D eigenvalue weighted by Gasteiger charge is -2.04. The van der Waals surface area contributed by atoms with E-state index in [4.69, 9.17) is 0 Å². The quantitative estimate of drug-likeness (QED) is 0.539. The molecule has 116 valence electrons. The Kier molecular flexibility index (Phi) is 3.49. The van der Waals surface area contributed by atoms with Crippen molar-refractivity contribution in [3.8, 4) is 5.69 Å². The number of aromatic nitrogens is 6. The molecule has 23 heavy (non-hydrogen) atoms. The van der Waals surface area contributed by atoms with Gasteiger partial charge in [0.05, 0.1) is 17.3 Å². The highest BCUT2D eigenvalue weighted by atomic mass is 32.2. The van der Waals surface area contributed by atoms with Crippen molar-refractivity contribution in [3.63, 3.8) is 0 Å². The summed E-state index contributed by atoms with van der Waals surface area (Å²) in [5.74, 6) is 1.60. The van der Waals surface area contributed by atoms with Gasteiger partial charge >= 0.3 is 0 Å². The van der Waals surface area contributed by atoms with Crippen LogP contribution in [0.5, 0.6) is 0 Å². The fourth-order valence-corrected chi connectivity index (χ4v) is 3.25. The molecule has 7 heteroatoms. The molecule has 0 amide bonds. The van der Waals surface area contributed by atoms with Crippen LogP contribution >= 0.6 is 11.8 Å². The second-order valence-corrected chi connectivity index (χ2v) is 6.74. The molecule has 3 heterocycles. The second kappa shape index (κ2) is 5.66. The van der Waals surface area contributed by atoms with E-state index < -0.39 is 0 Å². The highest BCUT2D eigenvalue weighted by Gasteiger charge is 2.14. The Labute approximate surface area is 137 Å². The highest BCUT2D eigenvalue weighted by molar-refractivity contribution is 7.99. The van der Waals surface area contributed by atoms with Crippen LogP contribution in [0, 0.1) is 5.92 Å². The van der Waals surface area contributed by atoms with Gasteiger partial charge in [0.2, 0.25) is 0 Å². The minimum Gasteiger partial charge on any atom is -0.260 e. The third kappa shape index (κ3) is 2.46. The summed E-state index contributed by atoms with van der Waals surface area (Å²) in [7, 11) is 0. The van der Waals surface area contributed by atoms with Crippen molar-refractivity contribution in [2.45, 2.75) is 19.0 Å². The normalized spacial score (nSPS) is 11.8. The predicted octanol–water partition coefficient (Wildman–Crippen LogP) is 3.21. The van der Waals surface area contributed by atoms with Crippen LogP contribution in [0.3, 0.4) is 0 Å². The molecule has 1 aromatic carbocycles. The summed E-state index contributed by atoms with van der Waals surface area (Å²) in [5.41, 5.74) is 2.56. The lowest BCUT2D eigenvalue weighted by Crippen LogP contribution is -1.99. The third-order valence-corrected chi connectivity index (χ3v) is 4.86. The first kappa shape index (κ1) is 14.2. The Morgan fingerprint density at radius 2 is 1.91 bits per heavy atom. The number of fused-ring (bicyclic) bond motifs is 3. The highest BCUT2D eigenvalue weighted by Crippen LogP contribution is 2.24. The van der Waals surface area contributed by atoms with Crippen molar-refractivity contribution in [3.05, 3.63) is 42.9 Å². The fourth-order valence-electron chi connectivity index (χ4n) is 2.40. The molecule has 0 N–H and O–H groups in total. The predicted molar refractivity (Wildman–Crippen MR) is 91.0 cm³/mol. The minimum atomic E-state index is 0.602. The van der Waals surface area contributed by atoms with Gasteiger partial charge in [-0.25, -0.2) is 9.67 Å². The molecular formula is C16H16N6S. The molecule has 0 aliphatic heterocycles. The first-order valence-electron chi connectivity index (χ1n) is 7.49. The average Bonchev–Trinajstić information content (AvgIpc) is 3.17. The molecule has 0 saturated carbocycles. The van der Waals surface area contributed by atoms with Crippen LogP contribution in [0.25, 0.3) is 22.4 Å². The van der Waals surface area contributed by atoms with E-state index in [0.29, 0.717) is 5.92 Å². The van der Waals surface area contributed by atoms with Crippen LogP contribution in [0.4, 0.5) is 0 Å². The van der Waals surface area contributed by atoms with Crippen LogP contribution < -0.4 is 0 Å². The van der Waals surface area contributed by atoms with Gasteiger partial charge in [-0.05, 0) is 18.1 Å². The Morgan fingerprint density at radius 3 is 2.70 bits per heavy atom. The number of nitrogens with zero attached hydrogens (tertiary/aromatic N) is 6. The average molecular weight is 324 g/mol. The zero-order valence-electron chi connectivity index (χ0n) is 12.9. The van der Waals surface area contributed by atoms with Crippen LogP contribution in [-0.2, 0) is 0 Å². The molecule has 0 aliphatic rings. The zero-order valence-corrected chi connectivity index (χ0v) is 13.7. The lowest BCUT2D eigenvalue weighted by atomic mass is 10.3. The van der Waals surface area contributed by atoms with Crippen LogP contribution in [-0.4, -0.2) is 35.1 Å². The largest absolute Gasteiger partial charge is 0.260 e. The summed E-state index contributed by atoms with van der Waals surface area (Å²) in [6.07, 6.45) is 3.58. The van der Waals surface area contributed by atoms with Gasteiger partial charge < -0.3 is 0 Å². The van der Waals surface area contributed by atoms with Gasteiger partial charge in [-0.1, -0.05) is 43.8 Å². The van der Waals surface area contributed by atoms with E-state index in [1.165, 1.54) is 0 Å². The number of hydrogen-bond acceptors (Lipinski definition) is 5. The second-order valence-electron chi connectivity index (χ2n) is 5.75. The topological polar surface area (TPSA) is 60.9 Å². The molecular weight excluding hydrogens is 308 g/mol. The van der Waals surface area contributed by atoms with Crippen molar-refractivity contribution in [1.29, 1.82) is 0 Å². The molecule has 6 nitrogen and oxygen atoms in total. The van der Waals surface area contributed by atoms with Crippen LogP contribution in [0.2, 0.25) is 0 Å². The Balaban J connectivity index is 1.83. The SMILES string of the molecule is CC(C)CSc1nnc2c3cnn(-c4ccccc4)c3ncn12. The van der Waals surface area contributed by atoms with E-state index in [1.54, 1.807) is 24.3 Å². The molecule has 0 atom stereocenters. The van der Waals surface area contributed by atoms with Gasteiger partial charge in [-0.2, -0.15) is 5.10 Å². The van der Waals surface area contributed by atoms with E-state index in [9.17, 15) is 0 Å². The Morgan fingerprint density at radius 1 is 1.09 bits per heavy atom. The Bertz CT molecular complexity index is 957. The number of thioether (sulfide) groups is 1. The maximum atomic E-state index is 4.58. The van der Waals surface area contributed by atoms with Gasteiger partial charge in [-0.3, -0.25) is 4.40 Å². The summed E-state index contributed by atoms with van der Waals surface area (Å²) in [6, 6.07) is 9.97. The van der Waals surface area contributed by atoms with E-state index in [1.807, 2.05) is 39.4 Å². The lowest BCUT2D eigenvalue weighted by molar-refractivity contribution is 0.746. The maximum absolute atomic E-state index is 4.58. The zero-order chi connectivity index (χ0) is 15.8. The third-order valence-electron chi connectivity index (χ3n) is 3.49. The maximum Gasteiger partial charge on any atom is 0.196 e. The summed E-state index contributed by atoms with van der Waals surface area (Å²) in [5, 5.41) is 14.9. The van der Waals surface area contributed by atoms with Gasteiger partial charge in [0, 0.05) is 5.75 Å². The van der Waals surface area contributed by atoms with Gasteiger partial charge in [0.15, 0.2) is 16.5 Å². The summed E-state index contributed by atoms with van der Waals surface area (Å²) >= 11 is 1.70. The van der Waals surface area contributed by atoms with Crippen molar-refractivity contribution >= 4 is 28.4 Å². The van der Waals surface area contributed by atoms with E-state index >= 15 is 0 Å². The number of benzene rings is 1. The summed E-state index contributed by atoms with van der Waals surface area (Å²) in [6.45, 7) is 4.38. The van der Waals surface area contributed by atoms with Crippen molar-refractivity contribution in [2.75, 3.05) is 5.75 Å². The van der Waals surface area contributed by atoms with Gasteiger partial charge in [-0.15, -0.1) is 10.2 Å². The molecule has 4 aromatic rings. The molecule has 0 unspecified atom stereocenters. The molecule has 0 spiro atoms. The van der Waals surface area contributed by atoms with Crippen LogP contribution in [0.15, 0.2) is 48.0 Å². The molecule has 4 rings (SSSR count). The van der Waals surface area contributed by atoms with E-state index in [-0.39, 0.29) is 0 Å². The standard InChI is InChI=1S/C16H16N6S/c1-11(2)9-23-16-20-19-15-13-8-18-22(12-6-4-3-5-7-12)14(13)17-10-21(15)16/h3-8,10-11H,9H2,1-2H3. The van der Waals surface area contributed by atoms with E-state index in [0.717, 1.165) is 33.3 Å². The van der Waals surface area contributed by atoms with Crippen molar-refractivity contribution < 1.29 is 0 Å². The number of rotatable bonds is 4. The van der Waals surface area contributed by atoms with Crippen LogP contribution in [0.1, 0.15) is 13.8 Å². The molecule has 0 fully saturated rings. The molecule has 0 aliphatic carbocycles. The molecule has 0 saturated heterocycles. The van der Waals surface area contributed by atoms with Gasteiger partial charge in [0.1, 0.15) is 6.33 Å². The molecule has 0 bridgehead atoms. The summed E-state index contributed by atoms with van der Waals surface area (Å²) < 4.78 is 3.76. The van der Waals surface area contributed by atoms with Crippen molar-refractivity contribution in [1.82, 2.24) is 29.4 Å². The summed E-state index contributed by atoms with van der Waals surface area (Å²) in [4.78, 5) is 4.58. The van der Waals surface area contributed by atoms with E-state index in [2.05, 4.69) is 34.1 Å². The first-order chi connectivity index (χ1) is 11.2. The number of para-hydroxylation sites is 1. The monoisotopic (exact) mass is 324 g/mol. The van der Waals surface area contributed by atoms with Gasteiger partial charge in [0.25, 0.3) is 0 Å². The first-order valence-corrected chi connectivity index (χ1v) is 8.48. The molecule has 3 aromatic heterocycles.